The van der Waals surface area contributed by atoms with Crippen molar-refractivity contribution in [3.63, 3.8) is 0 Å². The van der Waals surface area contributed by atoms with Gasteiger partial charge in [0.15, 0.2) is 0 Å². The largest absolute Gasteiger partial charge is 0.389 e. The Labute approximate surface area is 161 Å². The Morgan fingerprint density at radius 3 is 2.37 bits per heavy atom. The van der Waals surface area contributed by atoms with Gasteiger partial charge in [0.25, 0.3) is 0 Å². The van der Waals surface area contributed by atoms with Crippen molar-refractivity contribution in [2.24, 2.45) is 0 Å². The SMILES string of the molecule is Cc1ccc(S(=O)(=O)N(CC#Cc2ccccc2)[C@H]2C=C[C@@H](O)CC2)cc1. The maximum Gasteiger partial charge on any atom is 0.244 e. The molecule has 2 atom stereocenters. The van der Waals surface area contributed by atoms with Crippen molar-refractivity contribution in [2.45, 2.75) is 36.8 Å². The topological polar surface area (TPSA) is 57.6 Å². The van der Waals surface area contributed by atoms with Gasteiger partial charge in [-0.3, -0.25) is 0 Å². The zero-order chi connectivity index (χ0) is 19.3. The summed E-state index contributed by atoms with van der Waals surface area (Å²) in [6.07, 6.45) is 4.02. The molecule has 0 amide bonds. The van der Waals surface area contributed by atoms with Crippen LogP contribution >= 0.6 is 0 Å². The van der Waals surface area contributed by atoms with E-state index in [0.29, 0.717) is 12.8 Å². The smallest absolute Gasteiger partial charge is 0.244 e. The number of hydrogen-bond donors (Lipinski definition) is 1. The lowest BCUT2D eigenvalue weighted by atomic mass is 10.0. The predicted molar refractivity (Wildman–Crippen MR) is 107 cm³/mol. The molecular formula is C22H23NO3S. The van der Waals surface area contributed by atoms with Crippen LogP contribution in [-0.4, -0.2) is 36.5 Å². The first kappa shape index (κ1) is 19.4. The van der Waals surface area contributed by atoms with Gasteiger partial charge in [-0.2, -0.15) is 4.31 Å². The van der Waals surface area contributed by atoms with E-state index >= 15 is 0 Å². The number of rotatable bonds is 4. The Kier molecular flexibility index (Phi) is 6.12. The third-order valence-corrected chi connectivity index (χ3v) is 6.44. The fourth-order valence-corrected chi connectivity index (χ4v) is 4.52. The van der Waals surface area contributed by atoms with Gasteiger partial charge in [0.05, 0.1) is 17.5 Å². The van der Waals surface area contributed by atoms with E-state index in [4.69, 9.17) is 0 Å². The second-order valence-corrected chi connectivity index (χ2v) is 8.52. The molecule has 1 aliphatic carbocycles. The van der Waals surface area contributed by atoms with Crippen LogP contribution < -0.4 is 0 Å². The average Bonchev–Trinajstić information content (AvgIpc) is 2.67. The van der Waals surface area contributed by atoms with E-state index in [9.17, 15) is 13.5 Å². The van der Waals surface area contributed by atoms with Crippen molar-refractivity contribution in [3.8, 4) is 11.8 Å². The molecule has 0 bridgehead atoms. The highest BCUT2D eigenvalue weighted by Crippen LogP contribution is 2.24. The lowest BCUT2D eigenvalue weighted by Crippen LogP contribution is -2.41. The van der Waals surface area contributed by atoms with Crippen molar-refractivity contribution in [1.29, 1.82) is 0 Å². The molecule has 0 heterocycles. The Morgan fingerprint density at radius 2 is 1.74 bits per heavy atom. The lowest BCUT2D eigenvalue weighted by molar-refractivity contribution is 0.189. The minimum absolute atomic E-state index is 0.0935. The molecule has 4 nitrogen and oxygen atoms in total. The normalized spacial score (nSPS) is 19.5. The van der Waals surface area contributed by atoms with Gasteiger partial charge in [0.1, 0.15) is 0 Å². The maximum atomic E-state index is 13.2. The van der Waals surface area contributed by atoms with E-state index in [0.717, 1.165) is 11.1 Å². The van der Waals surface area contributed by atoms with Crippen LogP contribution in [0.15, 0.2) is 71.6 Å². The van der Waals surface area contributed by atoms with Gasteiger partial charge < -0.3 is 5.11 Å². The third-order valence-electron chi connectivity index (χ3n) is 4.55. The van der Waals surface area contributed by atoms with E-state index in [1.165, 1.54) is 4.31 Å². The summed E-state index contributed by atoms with van der Waals surface area (Å²) < 4.78 is 27.9. The molecule has 0 radical (unpaired) electrons. The molecule has 2 aromatic carbocycles. The first-order chi connectivity index (χ1) is 13.0. The van der Waals surface area contributed by atoms with Gasteiger partial charge >= 0.3 is 0 Å². The lowest BCUT2D eigenvalue weighted by Gasteiger charge is -2.30. The van der Waals surface area contributed by atoms with Gasteiger partial charge in [-0.05, 0) is 44.0 Å². The summed E-state index contributed by atoms with van der Waals surface area (Å²) in [7, 11) is -3.69. The van der Waals surface area contributed by atoms with Gasteiger partial charge in [-0.1, -0.05) is 59.9 Å². The van der Waals surface area contributed by atoms with E-state index in [1.54, 1.807) is 36.4 Å². The fourth-order valence-electron chi connectivity index (χ4n) is 3.00. The van der Waals surface area contributed by atoms with Crippen LogP contribution in [0.1, 0.15) is 24.0 Å². The van der Waals surface area contributed by atoms with Crippen LogP contribution in [0.2, 0.25) is 0 Å². The highest BCUT2D eigenvalue weighted by molar-refractivity contribution is 7.89. The third kappa shape index (κ3) is 4.86. The summed E-state index contributed by atoms with van der Waals surface area (Å²) in [5.74, 6) is 6.02. The number of benzene rings is 2. The molecule has 0 unspecified atom stereocenters. The Morgan fingerprint density at radius 1 is 1.04 bits per heavy atom. The first-order valence-corrected chi connectivity index (χ1v) is 10.4. The highest BCUT2D eigenvalue weighted by Gasteiger charge is 2.31. The fraction of sp³-hybridized carbons (Fsp3) is 0.273. The number of aliphatic hydroxyl groups is 1. The van der Waals surface area contributed by atoms with Crippen LogP contribution in [0.3, 0.4) is 0 Å². The van der Waals surface area contributed by atoms with Gasteiger partial charge in [0.2, 0.25) is 10.0 Å². The molecule has 0 aromatic heterocycles. The van der Waals surface area contributed by atoms with E-state index < -0.39 is 16.1 Å². The van der Waals surface area contributed by atoms with Crippen molar-refractivity contribution in [1.82, 2.24) is 4.31 Å². The standard InChI is InChI=1S/C22H23NO3S/c1-18-9-15-22(16-10-18)27(25,26)23(20-11-13-21(24)14-12-20)17-5-8-19-6-3-2-4-7-19/h2-4,6-7,9-11,13,15-16,20-21,24H,12,14,17H2,1H3/t20-,21+/m0/s1. The Bertz CT molecular complexity index is 954. The molecule has 0 saturated carbocycles. The van der Waals surface area contributed by atoms with Crippen LogP contribution in [0.4, 0.5) is 0 Å². The van der Waals surface area contributed by atoms with E-state index in [1.807, 2.05) is 37.3 Å². The van der Waals surface area contributed by atoms with Crippen molar-refractivity contribution in [3.05, 3.63) is 77.9 Å². The first-order valence-electron chi connectivity index (χ1n) is 8.95. The zero-order valence-electron chi connectivity index (χ0n) is 15.2. The molecular weight excluding hydrogens is 358 g/mol. The second kappa shape index (κ2) is 8.53. The molecule has 0 fully saturated rings. The highest BCUT2D eigenvalue weighted by atomic mass is 32.2. The van der Waals surface area contributed by atoms with Crippen LogP contribution in [-0.2, 0) is 10.0 Å². The zero-order valence-corrected chi connectivity index (χ0v) is 16.1. The summed E-state index contributed by atoms with van der Waals surface area (Å²) in [5.41, 5.74) is 1.85. The van der Waals surface area contributed by atoms with Gasteiger partial charge in [-0.25, -0.2) is 8.42 Å². The number of sulfonamides is 1. The second-order valence-electron chi connectivity index (χ2n) is 6.63. The molecule has 0 spiro atoms. The molecule has 2 aromatic rings. The van der Waals surface area contributed by atoms with Gasteiger partial charge in [-0.15, -0.1) is 0 Å². The van der Waals surface area contributed by atoms with Crippen LogP contribution in [0.5, 0.6) is 0 Å². The van der Waals surface area contributed by atoms with Crippen LogP contribution in [0, 0.1) is 18.8 Å². The average molecular weight is 381 g/mol. The van der Waals surface area contributed by atoms with Crippen LogP contribution in [0.25, 0.3) is 0 Å². The molecule has 5 heteroatoms. The van der Waals surface area contributed by atoms with Crippen molar-refractivity contribution >= 4 is 10.0 Å². The number of hydrogen-bond acceptors (Lipinski definition) is 3. The quantitative estimate of drug-likeness (QED) is 0.654. The monoisotopic (exact) mass is 381 g/mol. The summed E-state index contributed by atoms with van der Waals surface area (Å²) >= 11 is 0. The number of aryl methyl sites for hydroxylation is 1. The predicted octanol–water partition coefficient (Wildman–Crippen LogP) is 3.12. The molecule has 1 aliphatic rings. The molecule has 0 aliphatic heterocycles. The van der Waals surface area contributed by atoms with Crippen molar-refractivity contribution < 1.29 is 13.5 Å². The molecule has 0 saturated heterocycles. The molecule has 27 heavy (non-hydrogen) atoms. The van der Waals surface area contributed by atoms with Gasteiger partial charge in [0, 0.05) is 11.6 Å². The molecule has 140 valence electrons. The number of aliphatic hydroxyl groups excluding tert-OH is 1. The Hall–Kier alpha value is -2.39. The molecule has 3 rings (SSSR count). The summed E-state index contributed by atoms with van der Waals surface area (Å²) in [6.45, 7) is 2.01. The summed E-state index contributed by atoms with van der Waals surface area (Å²) in [4.78, 5) is 0.258. The maximum absolute atomic E-state index is 13.2. The van der Waals surface area contributed by atoms with E-state index in [-0.39, 0.29) is 17.5 Å². The minimum Gasteiger partial charge on any atom is -0.389 e. The van der Waals surface area contributed by atoms with Crippen molar-refractivity contribution in [2.75, 3.05) is 6.54 Å². The molecule has 1 N–H and O–H groups in total. The minimum atomic E-state index is -3.69. The van der Waals surface area contributed by atoms with E-state index in [2.05, 4.69) is 11.8 Å². The summed E-state index contributed by atoms with van der Waals surface area (Å²) in [5, 5.41) is 9.70. The Balaban J connectivity index is 1.91. The summed E-state index contributed by atoms with van der Waals surface area (Å²) in [6, 6.07) is 16.0. The number of nitrogens with zero attached hydrogens (tertiary/aromatic N) is 1.